The van der Waals surface area contributed by atoms with Gasteiger partial charge in [0.15, 0.2) is 0 Å². The predicted octanol–water partition coefficient (Wildman–Crippen LogP) is 5.42. The summed E-state index contributed by atoms with van der Waals surface area (Å²) in [6.45, 7) is 3.35. The SMILES string of the molecule is CCN(CC)CS[C]12[CH]3[CH]4[CH]5[C]1(NC(=O)c1ccc(Br)cc1)[Fe]45321678[CH]2[CH]1[CH]6[CH]7[CH]28. The zero-order valence-electron chi connectivity index (χ0n) is 16.0. The number of thioether (sulfide) groups is 1. The van der Waals surface area contributed by atoms with Crippen LogP contribution in [0.4, 0.5) is 0 Å². The third-order valence-corrected chi connectivity index (χ3v) is 65.4. The van der Waals surface area contributed by atoms with Crippen LogP contribution in [-0.4, -0.2) is 37.9 Å². The summed E-state index contributed by atoms with van der Waals surface area (Å²) in [5.41, 5.74) is 0.864. The summed E-state index contributed by atoms with van der Waals surface area (Å²) in [6, 6.07) is 8.02. The van der Waals surface area contributed by atoms with Crippen LogP contribution in [0.25, 0.3) is 0 Å². The molecule has 0 saturated carbocycles. The summed E-state index contributed by atoms with van der Waals surface area (Å²) in [7, 11) is 0. The standard InChI is InChI=1S/C17H20BrN2OS.C5H5.Fe/c1-3-20(4-2)12-22-16-7-5-6-15(16)19-17(21)13-8-10-14(18)11-9-13;1-2-4-5-3-1;/h5-11H,3-4,12H2,1-2H3,(H,19,21);1-5H;. The predicted molar refractivity (Wildman–Crippen MR) is 112 cm³/mol. The number of fused-ring (bicyclic) bond motifs is 10. The van der Waals surface area contributed by atoms with Crippen LogP contribution in [0.2, 0.25) is 38.5 Å². The number of halogens is 1. The van der Waals surface area contributed by atoms with Gasteiger partial charge in [0.1, 0.15) is 0 Å². The molecule has 1 aromatic rings. The zero-order chi connectivity index (χ0) is 18.6. The number of carbonyl (C=O) groups excluding carboxylic acids is 1. The van der Waals surface area contributed by atoms with Crippen molar-refractivity contribution in [2.75, 3.05) is 19.0 Å². The third-order valence-electron chi connectivity index (χ3n) is 17.5. The van der Waals surface area contributed by atoms with E-state index in [1.807, 2.05) is 24.3 Å². The number of hydrogen-bond donors (Lipinski definition) is 1. The Morgan fingerprint density at radius 1 is 1.07 bits per heavy atom. The zero-order valence-corrected chi connectivity index (χ0v) is 19.6. The summed E-state index contributed by atoms with van der Waals surface area (Å²) in [4.78, 5) is 25.5. The van der Waals surface area contributed by atoms with Gasteiger partial charge in [-0.15, -0.1) is 0 Å². The van der Waals surface area contributed by atoms with E-state index < -0.39 is 6.51 Å². The van der Waals surface area contributed by atoms with E-state index in [0.717, 1.165) is 27.9 Å². The summed E-state index contributed by atoms with van der Waals surface area (Å²) in [6.07, 6.45) is 0. The molecule has 0 aliphatic carbocycles. The maximum absolute atomic E-state index is 13.4. The molecule has 1 amide bonds. The quantitative estimate of drug-likeness (QED) is 0.401. The molecule has 5 unspecified atom stereocenters. The first-order valence-electron chi connectivity index (χ1n) is 11.0. The monoisotopic (exact) mass is 500 g/mol. The van der Waals surface area contributed by atoms with Crippen LogP contribution in [0.3, 0.4) is 0 Å². The molecule has 150 valence electrons. The van der Waals surface area contributed by atoms with Crippen molar-refractivity contribution in [2.45, 2.75) is 60.5 Å². The first-order valence-corrected chi connectivity index (χ1v) is 19.0. The molecule has 1 N–H and O–H groups in total. The second-order valence-electron chi connectivity index (χ2n) is 13.2. The van der Waals surface area contributed by atoms with Crippen molar-refractivity contribution in [1.29, 1.82) is 0 Å². The van der Waals surface area contributed by atoms with Crippen LogP contribution in [0, 0.1) is 0 Å². The van der Waals surface area contributed by atoms with E-state index in [1.165, 1.54) is 39.6 Å². The Kier molecular flexibility index (Phi) is 0.886. The summed E-state index contributed by atoms with van der Waals surface area (Å²) in [5.74, 6) is 1.44. The van der Waals surface area contributed by atoms with Gasteiger partial charge in [0.2, 0.25) is 0 Å². The number of rotatable bonds is 7. The maximum atomic E-state index is 13.4. The molecule has 5 atom stereocenters. The normalized spacial score (nSPS) is 79.6. The van der Waals surface area contributed by atoms with E-state index in [1.54, 1.807) is 0 Å². The minimum absolute atomic E-state index is 0.239. The molecule has 3 nitrogen and oxygen atoms in total. The van der Waals surface area contributed by atoms with Crippen LogP contribution < -0.4 is 5.32 Å². The van der Waals surface area contributed by atoms with E-state index in [9.17, 15) is 4.79 Å². The Morgan fingerprint density at radius 2 is 1.68 bits per heavy atom. The van der Waals surface area contributed by atoms with Gasteiger partial charge in [-0.3, -0.25) is 0 Å². The third kappa shape index (κ3) is 0.248. The van der Waals surface area contributed by atoms with E-state index >= 15 is 0 Å². The van der Waals surface area contributed by atoms with E-state index in [2.05, 4.69) is 51.8 Å². The number of carbonyl (C=O) groups is 1. The molecular formula is C22H25BrFeN2OS. The van der Waals surface area contributed by atoms with Gasteiger partial charge in [-0.25, -0.2) is 0 Å². The van der Waals surface area contributed by atoms with Gasteiger partial charge in [-0.05, 0) is 0 Å². The van der Waals surface area contributed by atoms with Crippen molar-refractivity contribution in [2.24, 2.45) is 0 Å². The minimum atomic E-state index is -3.56. The van der Waals surface area contributed by atoms with Crippen LogP contribution in [-0.2, 0) is 6.51 Å². The molecule has 6 heteroatoms. The molecule has 10 aliphatic rings. The molecule has 0 bridgehead atoms. The van der Waals surface area contributed by atoms with Crippen molar-refractivity contribution in [3.63, 3.8) is 0 Å². The summed E-state index contributed by atoms with van der Waals surface area (Å²) >= 11 is 5.90. The first-order chi connectivity index (χ1) is 13.3. The molecule has 1 aromatic carbocycles. The van der Waals surface area contributed by atoms with E-state index in [-0.39, 0.29) is 5.91 Å². The average Bonchev–Trinajstić information content (AvgIpc) is 3.65. The van der Waals surface area contributed by atoms with Crippen LogP contribution in [0.15, 0.2) is 28.7 Å². The van der Waals surface area contributed by atoms with Crippen LogP contribution in [0.1, 0.15) is 24.2 Å². The fraction of sp³-hybridized carbons (Fsp3) is 0.682. The first kappa shape index (κ1) is 14.1. The van der Waals surface area contributed by atoms with E-state index in [0.29, 0.717) is 8.08 Å². The van der Waals surface area contributed by atoms with Crippen LogP contribution >= 0.6 is 27.7 Å². The van der Waals surface area contributed by atoms with Gasteiger partial charge in [-0.1, -0.05) is 0 Å². The van der Waals surface area contributed by atoms with E-state index in [4.69, 9.17) is 0 Å². The van der Waals surface area contributed by atoms with Gasteiger partial charge >= 0.3 is 169 Å². The molecule has 0 aromatic heterocycles. The Hall–Kier alpha value is -0.000519. The molecule has 10 saturated heterocycles. The van der Waals surface area contributed by atoms with Crippen LogP contribution in [0.5, 0.6) is 0 Å². The van der Waals surface area contributed by atoms with Gasteiger partial charge in [0.25, 0.3) is 0 Å². The molecule has 10 aliphatic heterocycles. The number of nitrogens with zero attached hydrogens (tertiary/aromatic N) is 1. The van der Waals surface area contributed by atoms with Crippen molar-refractivity contribution in [3.8, 4) is 0 Å². The number of nitrogens with one attached hydrogen (secondary N) is 1. The molecule has 10 heterocycles. The fourth-order valence-corrected chi connectivity index (χ4v) is 103. The van der Waals surface area contributed by atoms with Crippen molar-refractivity contribution in [1.82, 2.24) is 10.2 Å². The number of benzene rings is 1. The average molecular weight is 501 g/mol. The topological polar surface area (TPSA) is 32.3 Å². The van der Waals surface area contributed by atoms with Gasteiger partial charge in [0, 0.05) is 0 Å². The summed E-state index contributed by atoms with van der Waals surface area (Å²) in [5, 5.41) is 3.91. The van der Waals surface area contributed by atoms with Gasteiger partial charge in [0.05, 0.1) is 0 Å². The Balaban J connectivity index is 1.10. The molecule has 0 radical (unpaired) electrons. The van der Waals surface area contributed by atoms with Crippen molar-refractivity contribution < 1.29 is 11.3 Å². The molecule has 10 fully saturated rings. The van der Waals surface area contributed by atoms with Crippen molar-refractivity contribution >= 4 is 33.6 Å². The fourth-order valence-electron chi connectivity index (χ4n) is 18.5. The molecule has 28 heavy (non-hydrogen) atoms. The molecule has 1 spiro atoms. The number of amides is 1. The van der Waals surface area contributed by atoms with Crippen molar-refractivity contribution in [3.05, 3.63) is 34.3 Å². The second kappa shape index (κ2) is 1.75. The second-order valence-corrected chi connectivity index (χ2v) is 38.9. The Bertz CT molecular complexity index is 1430. The van der Waals surface area contributed by atoms with Gasteiger partial charge in [-0.2, -0.15) is 0 Å². The number of hydrogen-bond acceptors (Lipinski definition) is 3. The summed E-state index contributed by atoms with van der Waals surface area (Å²) < 4.78 is 2.03. The Labute approximate surface area is 168 Å². The Morgan fingerprint density at radius 3 is 2.18 bits per heavy atom. The molecule has 11 rings (SSSR count). The van der Waals surface area contributed by atoms with Gasteiger partial charge < -0.3 is 0 Å². The molecular weight excluding hydrogens is 476 g/mol.